The maximum absolute atomic E-state index is 12.6. The molecule has 0 amide bonds. The number of hydrogen-bond donors (Lipinski definition) is 0. The topological polar surface area (TPSA) is 0 Å². The van der Waals surface area contributed by atoms with Gasteiger partial charge in [-0.15, -0.1) is 0 Å². The molecule has 0 heterocycles. The van der Waals surface area contributed by atoms with Gasteiger partial charge in [0.1, 0.15) is 0 Å². The van der Waals surface area contributed by atoms with E-state index in [9.17, 15) is 22.0 Å². The van der Waals surface area contributed by atoms with Crippen LogP contribution in [0.1, 0.15) is 5.56 Å². The van der Waals surface area contributed by atoms with E-state index in [1.165, 1.54) is 0 Å². The lowest BCUT2D eigenvalue weighted by atomic mass is 10.1. The van der Waals surface area contributed by atoms with E-state index in [1.807, 2.05) is 0 Å². The highest BCUT2D eigenvalue weighted by Gasteiger charge is 2.58. The van der Waals surface area contributed by atoms with Gasteiger partial charge in [-0.1, -0.05) is 22.0 Å². The molecule has 0 fully saturated rings. The third-order valence-corrected chi connectivity index (χ3v) is 1.99. The van der Waals surface area contributed by atoms with Crippen LogP contribution >= 0.6 is 15.9 Å². The molecule has 0 aliphatic rings. The van der Waals surface area contributed by atoms with Crippen molar-refractivity contribution in [2.45, 2.75) is 12.1 Å². The molecule has 1 rings (SSSR count). The third-order valence-electron chi connectivity index (χ3n) is 1.49. The molecule has 0 nitrogen and oxygen atoms in total. The molecule has 0 bridgehead atoms. The van der Waals surface area contributed by atoms with Crippen LogP contribution in [0.3, 0.4) is 0 Å². The zero-order valence-electron chi connectivity index (χ0n) is 6.50. The maximum Gasteiger partial charge on any atom is 0.458 e. The predicted molar refractivity (Wildman–Crippen MR) is 42.9 cm³/mol. The molecule has 0 unspecified atom stereocenters. The quantitative estimate of drug-likeness (QED) is 0.681. The second-order valence-corrected chi connectivity index (χ2v) is 3.35. The number of benzene rings is 1. The van der Waals surface area contributed by atoms with Gasteiger partial charge in [0.05, 0.1) is 0 Å². The van der Waals surface area contributed by atoms with Gasteiger partial charge < -0.3 is 0 Å². The van der Waals surface area contributed by atoms with Crippen LogP contribution in [0.5, 0.6) is 0 Å². The van der Waals surface area contributed by atoms with Crippen molar-refractivity contribution in [1.82, 2.24) is 0 Å². The molecule has 0 aromatic heterocycles. The SMILES string of the molecule is FC(F)(F)C(F)(F)c1c[c]c(Br)cc1. The Hall–Kier alpha value is -0.650. The standard InChI is InChI=1S/C8H3BrF5/c9-6-3-1-5(2-4-6)7(10,11)8(12,13)14/h1-3H. The van der Waals surface area contributed by atoms with Gasteiger partial charge in [-0.3, -0.25) is 0 Å². The van der Waals surface area contributed by atoms with E-state index >= 15 is 0 Å². The summed E-state index contributed by atoms with van der Waals surface area (Å²) in [6.07, 6.45) is -5.57. The van der Waals surface area contributed by atoms with Crippen molar-refractivity contribution in [3.63, 3.8) is 0 Å². The summed E-state index contributed by atoms with van der Waals surface area (Å²) < 4.78 is 61.1. The fourth-order valence-electron chi connectivity index (χ4n) is 0.765. The minimum absolute atomic E-state index is 0.319. The van der Waals surface area contributed by atoms with Crippen LogP contribution in [0.2, 0.25) is 0 Å². The molecule has 1 radical (unpaired) electrons. The van der Waals surface area contributed by atoms with Crippen LogP contribution < -0.4 is 0 Å². The predicted octanol–water partition coefficient (Wildman–Crippen LogP) is 3.90. The van der Waals surface area contributed by atoms with E-state index < -0.39 is 17.7 Å². The van der Waals surface area contributed by atoms with Crippen molar-refractivity contribution in [2.24, 2.45) is 0 Å². The van der Waals surface area contributed by atoms with Gasteiger partial charge in [0, 0.05) is 10.0 Å². The van der Waals surface area contributed by atoms with E-state index in [1.54, 1.807) is 0 Å². The summed E-state index contributed by atoms with van der Waals surface area (Å²) in [5.74, 6) is -4.83. The lowest BCUT2D eigenvalue weighted by Gasteiger charge is -2.19. The summed E-state index contributed by atoms with van der Waals surface area (Å²) >= 11 is 2.88. The second kappa shape index (κ2) is 3.49. The number of halogens is 6. The highest BCUT2D eigenvalue weighted by molar-refractivity contribution is 9.10. The van der Waals surface area contributed by atoms with Gasteiger partial charge in [0.2, 0.25) is 0 Å². The zero-order valence-corrected chi connectivity index (χ0v) is 8.09. The molecule has 0 atom stereocenters. The molecule has 0 saturated carbocycles. The molecule has 0 spiro atoms. The van der Waals surface area contributed by atoms with Crippen LogP contribution in [-0.4, -0.2) is 6.18 Å². The number of rotatable bonds is 1. The first-order valence-corrected chi connectivity index (χ1v) is 4.16. The molecule has 0 N–H and O–H groups in total. The summed E-state index contributed by atoms with van der Waals surface area (Å²) in [6.45, 7) is 0. The molecule has 77 valence electrons. The fourth-order valence-corrected chi connectivity index (χ4v) is 1.01. The lowest BCUT2D eigenvalue weighted by Crippen LogP contribution is -2.33. The van der Waals surface area contributed by atoms with Crippen molar-refractivity contribution < 1.29 is 22.0 Å². The van der Waals surface area contributed by atoms with Crippen LogP contribution in [0.15, 0.2) is 22.7 Å². The highest BCUT2D eigenvalue weighted by atomic mass is 79.9. The summed E-state index contributed by atoms with van der Waals surface area (Å²) in [4.78, 5) is 0. The first-order valence-electron chi connectivity index (χ1n) is 3.37. The van der Waals surface area contributed by atoms with Crippen molar-refractivity contribution in [3.8, 4) is 0 Å². The first kappa shape index (κ1) is 11.4. The molecule has 0 aliphatic heterocycles. The molecule has 1 aromatic rings. The van der Waals surface area contributed by atoms with Gasteiger partial charge in [0.15, 0.2) is 0 Å². The van der Waals surface area contributed by atoms with Crippen LogP contribution in [0, 0.1) is 6.07 Å². The van der Waals surface area contributed by atoms with E-state index in [-0.39, 0.29) is 0 Å². The zero-order chi connectivity index (χ0) is 11.0. The Morgan fingerprint density at radius 3 is 2.00 bits per heavy atom. The Kier molecular flexibility index (Phi) is 2.85. The molecule has 1 aromatic carbocycles. The van der Waals surface area contributed by atoms with Crippen LogP contribution in [0.4, 0.5) is 22.0 Å². The van der Waals surface area contributed by atoms with E-state index in [0.29, 0.717) is 16.6 Å². The van der Waals surface area contributed by atoms with E-state index in [4.69, 9.17) is 0 Å². The minimum atomic E-state index is -5.57. The molecule has 6 heteroatoms. The van der Waals surface area contributed by atoms with Crippen molar-refractivity contribution >= 4 is 15.9 Å². The summed E-state index contributed by atoms with van der Waals surface area (Å²) in [6, 6.07) is 4.60. The largest absolute Gasteiger partial charge is 0.458 e. The first-order chi connectivity index (χ1) is 6.25. The Labute approximate surface area is 84.9 Å². The van der Waals surface area contributed by atoms with Gasteiger partial charge in [-0.25, -0.2) is 0 Å². The maximum atomic E-state index is 12.6. The number of alkyl halides is 5. The van der Waals surface area contributed by atoms with E-state index in [0.717, 1.165) is 6.07 Å². The average Bonchev–Trinajstić information content (AvgIpc) is 2.03. The molecule has 0 saturated heterocycles. The highest BCUT2D eigenvalue weighted by Crippen LogP contribution is 2.43. The van der Waals surface area contributed by atoms with E-state index in [2.05, 4.69) is 22.0 Å². The van der Waals surface area contributed by atoms with Gasteiger partial charge in [-0.05, 0) is 18.2 Å². The van der Waals surface area contributed by atoms with Crippen molar-refractivity contribution in [2.75, 3.05) is 0 Å². The molecular weight excluding hydrogens is 271 g/mol. The summed E-state index contributed by atoms with van der Waals surface area (Å²) in [7, 11) is 0. The van der Waals surface area contributed by atoms with Gasteiger partial charge in [-0.2, -0.15) is 22.0 Å². The minimum Gasteiger partial charge on any atom is -0.191 e. The Balaban J connectivity index is 3.10. The average molecular weight is 274 g/mol. The summed E-state index contributed by atoms with van der Waals surface area (Å²) in [5, 5.41) is 0. The fraction of sp³-hybridized carbons (Fsp3) is 0.250. The smallest absolute Gasteiger partial charge is 0.191 e. The van der Waals surface area contributed by atoms with Crippen molar-refractivity contribution in [3.05, 3.63) is 34.3 Å². The van der Waals surface area contributed by atoms with Crippen LogP contribution in [-0.2, 0) is 5.92 Å². The summed E-state index contributed by atoms with van der Waals surface area (Å²) in [5.41, 5.74) is -1.12. The lowest BCUT2D eigenvalue weighted by molar-refractivity contribution is -0.289. The Morgan fingerprint density at radius 1 is 1.07 bits per heavy atom. The van der Waals surface area contributed by atoms with Gasteiger partial charge >= 0.3 is 12.1 Å². The van der Waals surface area contributed by atoms with Crippen LogP contribution in [0.25, 0.3) is 0 Å². The Morgan fingerprint density at radius 2 is 1.64 bits per heavy atom. The normalized spacial score (nSPS) is 13.0. The van der Waals surface area contributed by atoms with Crippen molar-refractivity contribution in [1.29, 1.82) is 0 Å². The van der Waals surface area contributed by atoms with Gasteiger partial charge in [0.25, 0.3) is 0 Å². The molecular formula is C8H3BrF5. The third kappa shape index (κ3) is 2.05. The monoisotopic (exact) mass is 273 g/mol. The number of hydrogen-bond acceptors (Lipinski definition) is 0. The molecule has 14 heavy (non-hydrogen) atoms. The Bertz CT molecular complexity index is 313. The second-order valence-electron chi connectivity index (χ2n) is 2.50. The molecule has 0 aliphatic carbocycles.